The number of rotatable bonds is 7. The van der Waals surface area contributed by atoms with E-state index in [9.17, 15) is 19.5 Å². The third-order valence-electron chi connectivity index (χ3n) is 6.88. The van der Waals surface area contributed by atoms with E-state index in [0.29, 0.717) is 50.4 Å². The van der Waals surface area contributed by atoms with Crippen molar-refractivity contribution in [3.63, 3.8) is 0 Å². The van der Waals surface area contributed by atoms with Crippen LogP contribution in [0.2, 0.25) is 10.0 Å². The third-order valence-corrected chi connectivity index (χ3v) is 9.57. The van der Waals surface area contributed by atoms with Crippen LogP contribution in [-0.4, -0.2) is 53.3 Å². The van der Waals surface area contributed by atoms with Crippen molar-refractivity contribution in [2.45, 2.75) is 16.1 Å². The first kappa shape index (κ1) is 29.9. The number of aromatic nitrogens is 2. The van der Waals surface area contributed by atoms with Crippen molar-refractivity contribution in [3.05, 3.63) is 98.5 Å². The van der Waals surface area contributed by atoms with Gasteiger partial charge in [0.25, 0.3) is 5.78 Å². The van der Waals surface area contributed by atoms with Crippen LogP contribution in [0.15, 0.2) is 70.6 Å². The zero-order valence-corrected chi connectivity index (χ0v) is 25.9. The SMILES string of the molecule is COC(=O)c1ccc([C@@H]2C(=C(O)c3ccc4c(c3)OCCO4)C(=O)C(=O)N2c2nnc(SCc3ccc(Cl)cc3Cl)s2)cc1. The molecule has 4 aromatic rings. The molecule has 2 aliphatic rings. The zero-order chi connectivity index (χ0) is 31.0. The van der Waals surface area contributed by atoms with Crippen molar-refractivity contribution < 1.29 is 33.7 Å². The summed E-state index contributed by atoms with van der Waals surface area (Å²) in [7, 11) is 1.27. The van der Waals surface area contributed by atoms with Crippen LogP contribution in [0, 0.1) is 0 Å². The van der Waals surface area contributed by atoms with Crippen LogP contribution < -0.4 is 14.4 Å². The molecule has 6 rings (SSSR count). The van der Waals surface area contributed by atoms with Crippen molar-refractivity contribution in [1.82, 2.24) is 10.2 Å². The van der Waals surface area contributed by atoms with Crippen LogP contribution >= 0.6 is 46.3 Å². The Balaban J connectivity index is 1.39. The first-order chi connectivity index (χ1) is 21.2. The summed E-state index contributed by atoms with van der Waals surface area (Å²) in [5.41, 5.74) is 1.67. The van der Waals surface area contributed by atoms with Crippen molar-refractivity contribution >= 4 is 74.9 Å². The standard InChI is InChI=1S/C30H21Cl2N3O7S2/c1-40-28(39)16-4-2-15(3-5-16)24-23(25(36)17-7-9-21-22(12-17)42-11-10-41-21)26(37)27(38)35(24)29-33-34-30(44-29)43-14-18-6-8-19(31)13-20(18)32/h2-9,12-13,24,36H,10-11,14H2,1H3/t24-/m1/s1. The number of benzene rings is 3. The van der Waals surface area contributed by atoms with Gasteiger partial charge in [-0.05, 0) is 53.6 Å². The molecule has 1 fully saturated rings. The molecule has 0 bridgehead atoms. The number of anilines is 1. The molecule has 0 aliphatic carbocycles. The highest BCUT2D eigenvalue weighted by Gasteiger charge is 2.48. The van der Waals surface area contributed by atoms with Crippen molar-refractivity contribution in [3.8, 4) is 11.5 Å². The number of aliphatic hydroxyl groups excluding tert-OH is 1. The van der Waals surface area contributed by atoms with Crippen molar-refractivity contribution in [1.29, 1.82) is 0 Å². The number of ketones is 1. The van der Waals surface area contributed by atoms with Gasteiger partial charge in [-0.3, -0.25) is 14.5 Å². The van der Waals surface area contributed by atoms with Gasteiger partial charge in [-0.25, -0.2) is 4.79 Å². The number of hydrogen-bond donors (Lipinski definition) is 1. The summed E-state index contributed by atoms with van der Waals surface area (Å²) in [6, 6.07) is 15.1. The van der Waals surface area contributed by atoms with E-state index in [0.717, 1.165) is 16.9 Å². The Morgan fingerprint density at radius 1 is 1.02 bits per heavy atom. The Hall–Kier alpha value is -4.10. The molecule has 0 unspecified atom stereocenters. The van der Waals surface area contributed by atoms with Crippen LogP contribution in [0.3, 0.4) is 0 Å². The molecule has 1 amide bonds. The number of fused-ring (bicyclic) bond motifs is 1. The Bertz CT molecular complexity index is 1830. The summed E-state index contributed by atoms with van der Waals surface area (Å²) in [6.45, 7) is 0.718. The number of esters is 1. The monoisotopic (exact) mass is 669 g/mol. The molecule has 1 aromatic heterocycles. The third kappa shape index (κ3) is 5.73. The van der Waals surface area contributed by atoms with E-state index >= 15 is 0 Å². The Morgan fingerprint density at radius 2 is 1.75 bits per heavy atom. The van der Waals surface area contributed by atoms with Crippen LogP contribution in [-0.2, 0) is 20.1 Å². The van der Waals surface area contributed by atoms with E-state index in [1.165, 1.54) is 35.9 Å². The van der Waals surface area contributed by atoms with E-state index in [4.69, 9.17) is 37.4 Å². The number of amides is 1. The molecule has 224 valence electrons. The summed E-state index contributed by atoms with van der Waals surface area (Å²) in [6.07, 6.45) is 0. The molecular formula is C30H21Cl2N3O7S2. The maximum absolute atomic E-state index is 13.6. The molecule has 2 aliphatic heterocycles. The number of Topliss-reactive ketones (excluding diaryl/α,β-unsaturated/α-hetero) is 1. The van der Waals surface area contributed by atoms with E-state index in [2.05, 4.69) is 10.2 Å². The average molecular weight is 671 g/mol. The van der Waals surface area contributed by atoms with Crippen molar-refractivity contribution in [2.75, 3.05) is 25.2 Å². The van der Waals surface area contributed by atoms with Crippen molar-refractivity contribution in [2.24, 2.45) is 0 Å². The number of carbonyl (C=O) groups is 3. The highest BCUT2D eigenvalue weighted by atomic mass is 35.5. The maximum Gasteiger partial charge on any atom is 0.337 e. The minimum atomic E-state index is -1.08. The lowest BCUT2D eigenvalue weighted by Crippen LogP contribution is -2.29. The number of carbonyl (C=O) groups excluding carboxylic acids is 3. The van der Waals surface area contributed by atoms with Gasteiger partial charge in [0.15, 0.2) is 15.8 Å². The number of thioether (sulfide) groups is 1. The molecule has 1 atom stereocenters. The molecule has 44 heavy (non-hydrogen) atoms. The fraction of sp³-hybridized carbons (Fsp3) is 0.167. The molecule has 10 nitrogen and oxygen atoms in total. The normalized spacial score (nSPS) is 17.2. The Kier molecular flexibility index (Phi) is 8.50. The number of nitrogens with zero attached hydrogens (tertiary/aromatic N) is 3. The average Bonchev–Trinajstić information content (AvgIpc) is 3.61. The summed E-state index contributed by atoms with van der Waals surface area (Å²) < 4.78 is 16.5. The largest absolute Gasteiger partial charge is 0.507 e. The lowest BCUT2D eigenvalue weighted by molar-refractivity contribution is -0.132. The van der Waals surface area contributed by atoms with Gasteiger partial charge in [0, 0.05) is 21.4 Å². The van der Waals surface area contributed by atoms with E-state index < -0.39 is 29.5 Å². The molecule has 1 N–H and O–H groups in total. The van der Waals surface area contributed by atoms with Gasteiger partial charge >= 0.3 is 11.9 Å². The number of ether oxygens (including phenoxy) is 3. The first-order valence-corrected chi connectivity index (χ1v) is 15.6. The number of halogens is 2. The van der Waals surface area contributed by atoms with E-state index in [1.54, 1.807) is 42.5 Å². The minimum absolute atomic E-state index is 0.153. The summed E-state index contributed by atoms with van der Waals surface area (Å²) >= 11 is 14.8. The van der Waals surface area contributed by atoms with Gasteiger partial charge in [-0.1, -0.05) is 64.5 Å². The van der Waals surface area contributed by atoms with Gasteiger partial charge in [0.2, 0.25) is 5.13 Å². The second-order valence-electron chi connectivity index (χ2n) is 9.52. The quantitative estimate of drug-likeness (QED) is 0.0596. The first-order valence-electron chi connectivity index (χ1n) is 13.0. The molecule has 14 heteroatoms. The fourth-order valence-electron chi connectivity index (χ4n) is 4.75. The lowest BCUT2D eigenvalue weighted by atomic mass is 9.94. The highest BCUT2D eigenvalue weighted by molar-refractivity contribution is 8.00. The Morgan fingerprint density at radius 3 is 2.48 bits per heavy atom. The topological polar surface area (TPSA) is 128 Å². The number of methoxy groups -OCH3 is 1. The molecule has 3 heterocycles. The van der Waals surface area contributed by atoms with Crippen LogP contribution in [0.1, 0.15) is 33.1 Å². The fourth-order valence-corrected chi connectivity index (χ4v) is 7.17. The smallest absolute Gasteiger partial charge is 0.337 e. The predicted molar refractivity (Wildman–Crippen MR) is 166 cm³/mol. The maximum atomic E-state index is 13.6. The molecular weight excluding hydrogens is 649 g/mol. The Labute approximate surface area is 269 Å². The molecule has 1 saturated heterocycles. The molecule has 0 radical (unpaired) electrons. The molecule has 0 spiro atoms. The number of aliphatic hydroxyl groups is 1. The van der Waals surface area contributed by atoms with Gasteiger partial charge < -0.3 is 19.3 Å². The van der Waals surface area contributed by atoms with Crippen LogP contribution in [0.25, 0.3) is 5.76 Å². The van der Waals surface area contributed by atoms with E-state index in [1.807, 2.05) is 6.07 Å². The minimum Gasteiger partial charge on any atom is -0.507 e. The summed E-state index contributed by atoms with van der Waals surface area (Å²) in [4.78, 5) is 40.4. The number of hydrogen-bond acceptors (Lipinski definition) is 11. The summed E-state index contributed by atoms with van der Waals surface area (Å²) in [5.74, 6) is -1.38. The second-order valence-corrected chi connectivity index (χ2v) is 12.5. The highest BCUT2D eigenvalue weighted by Crippen LogP contribution is 2.45. The zero-order valence-electron chi connectivity index (χ0n) is 22.8. The van der Waals surface area contributed by atoms with Crippen LogP contribution in [0.4, 0.5) is 5.13 Å². The molecule has 3 aromatic carbocycles. The summed E-state index contributed by atoms with van der Waals surface area (Å²) in [5, 5.41) is 21.1. The molecule has 0 saturated carbocycles. The van der Waals surface area contributed by atoms with Crippen LogP contribution in [0.5, 0.6) is 11.5 Å². The van der Waals surface area contributed by atoms with Gasteiger partial charge in [0.05, 0.1) is 24.3 Å². The predicted octanol–water partition coefficient (Wildman–Crippen LogP) is 6.32. The second kappa shape index (κ2) is 12.5. The van der Waals surface area contributed by atoms with Gasteiger partial charge in [-0.2, -0.15) is 0 Å². The van der Waals surface area contributed by atoms with E-state index in [-0.39, 0.29) is 21.8 Å². The lowest BCUT2D eigenvalue weighted by Gasteiger charge is -2.23. The van der Waals surface area contributed by atoms with Gasteiger partial charge in [0.1, 0.15) is 19.0 Å². The van der Waals surface area contributed by atoms with Gasteiger partial charge in [-0.15, -0.1) is 10.2 Å².